The molecule has 0 bridgehead atoms. The van der Waals surface area contributed by atoms with E-state index in [9.17, 15) is 10.1 Å². The molecule has 0 aliphatic carbocycles. The Kier molecular flexibility index (Phi) is 5.40. The summed E-state index contributed by atoms with van der Waals surface area (Å²) in [6.07, 6.45) is 1.65. The second kappa shape index (κ2) is 7.73. The number of aryl methyl sites for hydroxylation is 1. The number of carbonyl (C=O) groups is 1. The predicted molar refractivity (Wildman–Crippen MR) is 100 cm³/mol. The van der Waals surface area contributed by atoms with Crippen LogP contribution >= 0.6 is 23.4 Å². The fraction of sp³-hybridized carbons (Fsp3) is 0.158. The van der Waals surface area contributed by atoms with Gasteiger partial charge in [-0.3, -0.25) is 4.79 Å². The molecule has 3 aromatic rings. The minimum absolute atomic E-state index is 0.108. The van der Waals surface area contributed by atoms with Gasteiger partial charge in [-0.2, -0.15) is 5.26 Å². The average Bonchev–Trinajstić information content (AvgIpc) is 3.09. The molecule has 2 heterocycles. The van der Waals surface area contributed by atoms with Crippen LogP contribution < -0.4 is 0 Å². The zero-order valence-electron chi connectivity index (χ0n) is 14.1. The smallest absolute Gasteiger partial charge is 0.205 e. The number of hydrogen-bond donors (Lipinski definition) is 0. The third kappa shape index (κ3) is 3.96. The van der Waals surface area contributed by atoms with Gasteiger partial charge in [-0.15, -0.1) is 0 Å². The van der Waals surface area contributed by atoms with E-state index in [-0.39, 0.29) is 5.78 Å². The Labute approximate surface area is 160 Å². The highest BCUT2D eigenvalue weighted by atomic mass is 35.5. The van der Waals surface area contributed by atoms with Crippen molar-refractivity contribution >= 4 is 29.1 Å². The number of hydrogen-bond acceptors (Lipinski definition) is 6. The highest BCUT2D eigenvalue weighted by Crippen LogP contribution is 2.28. The Bertz CT molecular complexity index is 1010. The number of rotatable bonds is 5. The standard InChI is InChI=1S/C19H14ClN3O2S/c1-11-16(12(2)24)7-14(8-21)19(23-11)26-10-18-22-9-17(25-18)13-3-5-15(20)6-4-13/h3-7,9H,10H2,1-2H3. The van der Waals surface area contributed by atoms with Crippen LogP contribution in [-0.4, -0.2) is 15.8 Å². The molecule has 0 atom stereocenters. The molecule has 7 heteroatoms. The average molecular weight is 384 g/mol. The molecule has 130 valence electrons. The number of benzene rings is 1. The van der Waals surface area contributed by atoms with Crippen LogP contribution in [0.3, 0.4) is 0 Å². The van der Waals surface area contributed by atoms with E-state index in [1.165, 1.54) is 18.7 Å². The lowest BCUT2D eigenvalue weighted by molar-refractivity contribution is 0.101. The van der Waals surface area contributed by atoms with Gasteiger partial charge in [0.2, 0.25) is 5.89 Å². The number of halogens is 1. The van der Waals surface area contributed by atoms with Crippen molar-refractivity contribution < 1.29 is 9.21 Å². The van der Waals surface area contributed by atoms with Crippen molar-refractivity contribution in [3.8, 4) is 17.4 Å². The number of pyridine rings is 1. The molecule has 0 radical (unpaired) electrons. The van der Waals surface area contributed by atoms with Gasteiger partial charge in [-0.1, -0.05) is 23.4 Å². The summed E-state index contributed by atoms with van der Waals surface area (Å²) in [6.45, 7) is 3.22. The Morgan fingerprint density at radius 2 is 2.08 bits per heavy atom. The minimum Gasteiger partial charge on any atom is -0.440 e. The van der Waals surface area contributed by atoms with Crippen molar-refractivity contribution in [2.75, 3.05) is 0 Å². The highest BCUT2D eigenvalue weighted by Gasteiger charge is 2.14. The summed E-state index contributed by atoms with van der Waals surface area (Å²) in [5.74, 6) is 1.49. The van der Waals surface area contributed by atoms with E-state index in [4.69, 9.17) is 16.0 Å². The first-order valence-electron chi connectivity index (χ1n) is 7.74. The molecule has 1 aromatic carbocycles. The molecule has 0 saturated heterocycles. The van der Waals surface area contributed by atoms with Crippen molar-refractivity contribution in [1.82, 2.24) is 9.97 Å². The molecule has 0 amide bonds. The summed E-state index contributed by atoms with van der Waals surface area (Å²) in [5, 5.41) is 10.5. The quantitative estimate of drug-likeness (QED) is 0.452. The van der Waals surface area contributed by atoms with Crippen LogP contribution in [0.4, 0.5) is 0 Å². The molecular formula is C19H14ClN3O2S. The first-order chi connectivity index (χ1) is 12.5. The Morgan fingerprint density at radius 3 is 2.73 bits per heavy atom. The van der Waals surface area contributed by atoms with Crippen molar-refractivity contribution in [2.24, 2.45) is 0 Å². The predicted octanol–water partition coefficient (Wildman–Crippen LogP) is 5.07. The number of carbonyl (C=O) groups excluding carboxylic acids is 1. The van der Waals surface area contributed by atoms with Crippen LogP contribution in [0.2, 0.25) is 5.02 Å². The molecule has 3 rings (SSSR count). The maximum atomic E-state index is 11.6. The van der Waals surface area contributed by atoms with E-state index >= 15 is 0 Å². The van der Waals surface area contributed by atoms with Gasteiger partial charge in [-0.05, 0) is 44.2 Å². The lowest BCUT2D eigenvalue weighted by Crippen LogP contribution is -2.02. The normalized spacial score (nSPS) is 10.5. The van der Waals surface area contributed by atoms with Gasteiger partial charge in [0, 0.05) is 21.8 Å². The van der Waals surface area contributed by atoms with Gasteiger partial charge in [0.15, 0.2) is 11.5 Å². The van der Waals surface area contributed by atoms with E-state index in [1.54, 1.807) is 31.3 Å². The number of nitriles is 1. The van der Waals surface area contributed by atoms with Crippen LogP contribution in [0.25, 0.3) is 11.3 Å². The lowest BCUT2D eigenvalue weighted by Gasteiger charge is -2.06. The molecule has 0 fully saturated rings. The topological polar surface area (TPSA) is 79.8 Å². The van der Waals surface area contributed by atoms with Crippen LogP contribution in [0, 0.1) is 18.3 Å². The second-order valence-electron chi connectivity index (χ2n) is 5.56. The third-order valence-corrected chi connectivity index (χ3v) is 4.92. The minimum atomic E-state index is -0.108. The number of thioether (sulfide) groups is 1. The first kappa shape index (κ1) is 18.2. The van der Waals surface area contributed by atoms with E-state index < -0.39 is 0 Å². The van der Waals surface area contributed by atoms with E-state index in [1.807, 2.05) is 12.1 Å². The monoisotopic (exact) mass is 383 g/mol. The van der Waals surface area contributed by atoms with Crippen molar-refractivity contribution in [3.63, 3.8) is 0 Å². The zero-order chi connectivity index (χ0) is 18.7. The van der Waals surface area contributed by atoms with Crippen molar-refractivity contribution in [3.05, 3.63) is 64.3 Å². The molecule has 0 saturated carbocycles. The van der Waals surface area contributed by atoms with Gasteiger partial charge in [0.1, 0.15) is 11.1 Å². The highest BCUT2D eigenvalue weighted by molar-refractivity contribution is 7.98. The van der Waals surface area contributed by atoms with Gasteiger partial charge in [-0.25, -0.2) is 9.97 Å². The summed E-state index contributed by atoms with van der Waals surface area (Å²) < 4.78 is 5.76. The Hall–Kier alpha value is -2.62. The maximum absolute atomic E-state index is 11.6. The van der Waals surface area contributed by atoms with E-state index in [0.29, 0.717) is 44.3 Å². The number of oxazole rings is 1. The molecule has 0 unspecified atom stereocenters. The summed E-state index contributed by atoms with van der Waals surface area (Å²) >= 11 is 7.24. The van der Waals surface area contributed by atoms with Gasteiger partial charge in [0.25, 0.3) is 0 Å². The summed E-state index contributed by atoms with van der Waals surface area (Å²) in [4.78, 5) is 20.3. The SMILES string of the molecule is CC(=O)c1cc(C#N)c(SCc2ncc(-c3ccc(Cl)cc3)o2)nc1C. The summed E-state index contributed by atoms with van der Waals surface area (Å²) in [6, 6.07) is 11.0. The van der Waals surface area contributed by atoms with Crippen molar-refractivity contribution in [1.29, 1.82) is 5.26 Å². The summed E-state index contributed by atoms with van der Waals surface area (Å²) in [7, 11) is 0. The number of nitrogens with zero attached hydrogens (tertiary/aromatic N) is 3. The zero-order valence-corrected chi connectivity index (χ0v) is 15.7. The molecule has 0 N–H and O–H groups in total. The lowest BCUT2D eigenvalue weighted by atomic mass is 10.1. The van der Waals surface area contributed by atoms with Gasteiger partial charge < -0.3 is 4.42 Å². The fourth-order valence-electron chi connectivity index (χ4n) is 2.38. The van der Waals surface area contributed by atoms with Gasteiger partial charge in [0.05, 0.1) is 17.5 Å². The largest absolute Gasteiger partial charge is 0.440 e. The molecular weight excluding hydrogens is 370 g/mol. The molecule has 0 aliphatic rings. The summed E-state index contributed by atoms with van der Waals surface area (Å²) in [5.41, 5.74) is 2.33. The molecule has 0 aliphatic heterocycles. The second-order valence-corrected chi connectivity index (χ2v) is 6.96. The van der Waals surface area contributed by atoms with Crippen LogP contribution in [-0.2, 0) is 5.75 Å². The molecule has 0 spiro atoms. The van der Waals surface area contributed by atoms with Gasteiger partial charge >= 0.3 is 0 Å². The van der Waals surface area contributed by atoms with Crippen LogP contribution in [0.1, 0.15) is 34.4 Å². The third-order valence-electron chi connectivity index (χ3n) is 3.69. The number of aromatic nitrogens is 2. The Morgan fingerprint density at radius 1 is 1.35 bits per heavy atom. The molecule has 5 nitrogen and oxygen atoms in total. The number of ketones is 1. The molecule has 2 aromatic heterocycles. The fourth-order valence-corrected chi connectivity index (χ4v) is 3.37. The van der Waals surface area contributed by atoms with Crippen LogP contribution in [0.15, 0.2) is 46.0 Å². The first-order valence-corrected chi connectivity index (χ1v) is 9.10. The number of Topliss-reactive ketones (excluding diaryl/α,β-unsaturated/α-hetero) is 1. The molecule has 26 heavy (non-hydrogen) atoms. The van der Waals surface area contributed by atoms with E-state index in [0.717, 1.165) is 5.56 Å². The van der Waals surface area contributed by atoms with E-state index in [2.05, 4.69) is 16.0 Å². The van der Waals surface area contributed by atoms with Crippen LogP contribution in [0.5, 0.6) is 0 Å². The van der Waals surface area contributed by atoms with Crippen molar-refractivity contribution in [2.45, 2.75) is 24.6 Å². The maximum Gasteiger partial charge on any atom is 0.205 e. The Balaban J connectivity index is 1.78.